The van der Waals surface area contributed by atoms with E-state index in [2.05, 4.69) is 12.6 Å². The normalized spacial score (nSPS) is 30.4. The molecule has 1 fully saturated rings. The summed E-state index contributed by atoms with van der Waals surface area (Å²) in [5.74, 6) is 0.387. The zero-order chi connectivity index (χ0) is 9.14. The number of thiol groups is 1. The predicted molar refractivity (Wildman–Crippen MR) is 50.4 cm³/mol. The van der Waals surface area contributed by atoms with Crippen LogP contribution in [-0.4, -0.2) is 41.9 Å². The highest BCUT2D eigenvalue weighted by Crippen LogP contribution is 2.11. The number of hydrogen-bond donors (Lipinski definition) is 1. The van der Waals surface area contributed by atoms with Crippen molar-refractivity contribution in [2.24, 2.45) is 0 Å². The van der Waals surface area contributed by atoms with Crippen molar-refractivity contribution in [1.29, 1.82) is 0 Å². The minimum atomic E-state index is 0.0981. The fourth-order valence-corrected chi connectivity index (χ4v) is 1.52. The molecular weight excluding hydrogens is 174 g/mol. The average Bonchev–Trinajstić information content (AvgIpc) is 2.08. The topological polar surface area (TPSA) is 29.5 Å². The Bertz CT molecular complexity index is 174. The fraction of sp³-hybridized carbons (Fsp3) is 0.875. The fourth-order valence-electron chi connectivity index (χ4n) is 1.34. The van der Waals surface area contributed by atoms with Crippen LogP contribution in [0, 0.1) is 0 Å². The van der Waals surface area contributed by atoms with Gasteiger partial charge in [-0.25, -0.2) is 0 Å². The van der Waals surface area contributed by atoms with Gasteiger partial charge in [0.2, 0.25) is 5.91 Å². The molecule has 0 spiro atoms. The highest BCUT2D eigenvalue weighted by molar-refractivity contribution is 7.81. The molecule has 2 unspecified atom stereocenters. The van der Waals surface area contributed by atoms with Crippen molar-refractivity contribution in [2.75, 3.05) is 18.9 Å². The van der Waals surface area contributed by atoms with Crippen LogP contribution in [0.3, 0.4) is 0 Å². The average molecular weight is 189 g/mol. The first-order valence-corrected chi connectivity index (χ1v) is 4.80. The second kappa shape index (κ2) is 4.14. The molecule has 0 N–H and O–H groups in total. The maximum Gasteiger partial charge on any atom is 0.232 e. The summed E-state index contributed by atoms with van der Waals surface area (Å²) in [5.41, 5.74) is 0. The first-order chi connectivity index (χ1) is 5.65. The zero-order valence-electron chi connectivity index (χ0n) is 7.49. The van der Waals surface area contributed by atoms with Crippen molar-refractivity contribution in [3.8, 4) is 0 Å². The Hall–Kier alpha value is -0.220. The molecule has 1 aliphatic heterocycles. The molecule has 1 rings (SSSR count). The van der Waals surface area contributed by atoms with Crippen molar-refractivity contribution in [1.82, 2.24) is 4.90 Å². The molecule has 0 radical (unpaired) electrons. The third-order valence-corrected chi connectivity index (χ3v) is 2.33. The van der Waals surface area contributed by atoms with Gasteiger partial charge in [-0.2, -0.15) is 12.6 Å². The van der Waals surface area contributed by atoms with E-state index in [0.717, 1.165) is 0 Å². The van der Waals surface area contributed by atoms with Crippen molar-refractivity contribution in [3.05, 3.63) is 0 Å². The predicted octanol–water partition coefficient (Wildman–Crippen LogP) is 0.552. The Morgan fingerprint density at radius 3 is 2.92 bits per heavy atom. The summed E-state index contributed by atoms with van der Waals surface area (Å²) < 4.78 is 5.40. The van der Waals surface area contributed by atoms with Crippen molar-refractivity contribution in [3.63, 3.8) is 0 Å². The van der Waals surface area contributed by atoms with Gasteiger partial charge in [0.15, 0.2) is 0 Å². The Morgan fingerprint density at radius 2 is 2.33 bits per heavy atom. The molecule has 0 bridgehead atoms. The van der Waals surface area contributed by atoms with Crippen LogP contribution in [0.2, 0.25) is 0 Å². The second-order valence-corrected chi connectivity index (χ2v) is 3.51. The molecule has 3 nitrogen and oxygen atoms in total. The summed E-state index contributed by atoms with van der Waals surface area (Å²) in [6.45, 7) is 5.30. The number of ether oxygens (including phenoxy) is 1. The number of rotatable bonds is 1. The molecule has 0 aromatic rings. The van der Waals surface area contributed by atoms with Gasteiger partial charge in [-0.05, 0) is 13.8 Å². The van der Waals surface area contributed by atoms with Gasteiger partial charge in [-0.15, -0.1) is 0 Å². The summed E-state index contributed by atoms with van der Waals surface area (Å²) in [4.78, 5) is 13.2. The van der Waals surface area contributed by atoms with Crippen LogP contribution in [0.5, 0.6) is 0 Å². The van der Waals surface area contributed by atoms with E-state index in [-0.39, 0.29) is 23.8 Å². The number of carbonyl (C=O) groups is 1. The first kappa shape index (κ1) is 9.86. The summed E-state index contributed by atoms with van der Waals surface area (Å²) in [5, 5.41) is 0. The van der Waals surface area contributed by atoms with E-state index >= 15 is 0 Å². The second-order valence-electron chi connectivity index (χ2n) is 3.20. The lowest BCUT2D eigenvalue weighted by molar-refractivity contribution is -0.140. The third-order valence-electron chi connectivity index (χ3n) is 2.06. The van der Waals surface area contributed by atoms with E-state index < -0.39 is 0 Å². The lowest BCUT2D eigenvalue weighted by atomic mass is 10.2. The molecule has 1 aliphatic rings. The van der Waals surface area contributed by atoms with Gasteiger partial charge < -0.3 is 9.64 Å². The summed E-state index contributed by atoms with van der Waals surface area (Å²) in [7, 11) is 0. The van der Waals surface area contributed by atoms with E-state index in [1.807, 2.05) is 18.7 Å². The number of hydrogen-bond acceptors (Lipinski definition) is 3. The van der Waals surface area contributed by atoms with Crippen LogP contribution < -0.4 is 0 Å². The molecule has 1 amide bonds. The van der Waals surface area contributed by atoms with E-state index in [4.69, 9.17) is 4.74 Å². The molecule has 0 aromatic heterocycles. The largest absolute Gasteiger partial charge is 0.375 e. The van der Waals surface area contributed by atoms with Crippen LogP contribution in [0.15, 0.2) is 0 Å². The van der Waals surface area contributed by atoms with Crippen LogP contribution in [0.25, 0.3) is 0 Å². The zero-order valence-corrected chi connectivity index (χ0v) is 8.38. The molecule has 4 heteroatoms. The summed E-state index contributed by atoms with van der Waals surface area (Å²) >= 11 is 3.96. The Labute approximate surface area is 78.5 Å². The molecule has 1 heterocycles. The van der Waals surface area contributed by atoms with Crippen molar-refractivity contribution < 1.29 is 9.53 Å². The van der Waals surface area contributed by atoms with Crippen LogP contribution in [-0.2, 0) is 9.53 Å². The van der Waals surface area contributed by atoms with Gasteiger partial charge in [0.25, 0.3) is 0 Å². The van der Waals surface area contributed by atoms with E-state index in [9.17, 15) is 4.79 Å². The Morgan fingerprint density at radius 1 is 1.67 bits per heavy atom. The van der Waals surface area contributed by atoms with Gasteiger partial charge in [-0.1, -0.05) is 0 Å². The van der Waals surface area contributed by atoms with Gasteiger partial charge in [0.1, 0.15) is 0 Å². The number of amides is 1. The maximum atomic E-state index is 11.3. The Kier molecular flexibility index (Phi) is 3.40. The van der Waals surface area contributed by atoms with E-state index in [1.54, 1.807) is 0 Å². The van der Waals surface area contributed by atoms with Crippen molar-refractivity contribution in [2.45, 2.75) is 26.0 Å². The van der Waals surface area contributed by atoms with Gasteiger partial charge >= 0.3 is 0 Å². The molecule has 0 aromatic carbocycles. The minimum Gasteiger partial charge on any atom is -0.375 e. The number of morpholine rings is 1. The van der Waals surface area contributed by atoms with Crippen LogP contribution in [0.4, 0.5) is 0 Å². The van der Waals surface area contributed by atoms with Gasteiger partial charge in [-0.3, -0.25) is 4.79 Å². The number of nitrogens with zero attached hydrogens (tertiary/aromatic N) is 1. The van der Waals surface area contributed by atoms with Crippen molar-refractivity contribution >= 4 is 18.5 Å². The molecular formula is C8H15NO2S. The molecule has 1 saturated heterocycles. The smallest absolute Gasteiger partial charge is 0.232 e. The van der Waals surface area contributed by atoms with Crippen LogP contribution in [0.1, 0.15) is 13.8 Å². The van der Waals surface area contributed by atoms with Gasteiger partial charge in [0.05, 0.1) is 24.5 Å². The Balaban J connectivity index is 2.54. The third kappa shape index (κ3) is 2.14. The molecule has 70 valence electrons. The van der Waals surface area contributed by atoms with Gasteiger partial charge in [0, 0.05) is 6.54 Å². The molecule has 2 atom stereocenters. The minimum absolute atomic E-state index is 0.0981. The van der Waals surface area contributed by atoms with E-state index in [1.165, 1.54) is 0 Å². The first-order valence-electron chi connectivity index (χ1n) is 4.17. The molecule has 0 aliphatic carbocycles. The maximum absolute atomic E-state index is 11.3. The highest BCUT2D eigenvalue weighted by Gasteiger charge is 2.26. The highest BCUT2D eigenvalue weighted by atomic mass is 32.1. The van der Waals surface area contributed by atoms with E-state index in [0.29, 0.717) is 13.2 Å². The lowest BCUT2D eigenvalue weighted by Crippen LogP contribution is -2.50. The monoisotopic (exact) mass is 189 g/mol. The van der Waals surface area contributed by atoms with Crippen LogP contribution >= 0.6 is 12.6 Å². The quantitative estimate of drug-likeness (QED) is 0.610. The number of carbonyl (C=O) groups excluding carboxylic acids is 1. The SMILES string of the molecule is CC1CN(C(=O)CS)C(C)CO1. The summed E-state index contributed by atoms with van der Waals surface area (Å²) in [6.07, 6.45) is 0.157. The molecule has 12 heavy (non-hydrogen) atoms. The summed E-state index contributed by atoms with van der Waals surface area (Å²) in [6, 6.07) is 0.195. The lowest BCUT2D eigenvalue weighted by Gasteiger charge is -2.36. The standard InChI is InChI=1S/C8H15NO2S/c1-6-4-11-7(2)3-9(6)8(10)5-12/h6-7,12H,3-5H2,1-2H3. The molecule has 0 saturated carbocycles.